The third-order valence-corrected chi connectivity index (χ3v) is 5.50. The summed E-state index contributed by atoms with van der Waals surface area (Å²) in [6, 6.07) is 10.2. The summed E-state index contributed by atoms with van der Waals surface area (Å²) in [7, 11) is 0. The van der Waals surface area contributed by atoms with Crippen LogP contribution in [0.2, 0.25) is 0 Å². The van der Waals surface area contributed by atoms with Gasteiger partial charge in [-0.3, -0.25) is 9.78 Å². The van der Waals surface area contributed by atoms with Crippen LogP contribution in [0.25, 0.3) is 5.69 Å². The van der Waals surface area contributed by atoms with Crippen molar-refractivity contribution in [2.45, 2.75) is 25.9 Å². The molecule has 37 heavy (non-hydrogen) atoms. The Balaban J connectivity index is 1.72. The summed E-state index contributed by atoms with van der Waals surface area (Å²) in [6.07, 6.45) is 3.32. The molecule has 0 aliphatic carbocycles. The van der Waals surface area contributed by atoms with E-state index in [-0.39, 0.29) is 17.2 Å². The van der Waals surface area contributed by atoms with Crippen molar-refractivity contribution in [1.29, 1.82) is 0 Å². The Bertz CT molecular complexity index is 1410. The molecule has 0 saturated carbocycles. The molecule has 0 aliphatic heterocycles. The second-order valence-electron chi connectivity index (χ2n) is 8.12. The van der Waals surface area contributed by atoms with Gasteiger partial charge in [-0.05, 0) is 31.5 Å². The lowest BCUT2D eigenvalue weighted by Crippen LogP contribution is -2.39. The van der Waals surface area contributed by atoms with Gasteiger partial charge < -0.3 is 26.8 Å². The monoisotopic (exact) mass is 505 g/mol. The SMILES string of the molecule is Cc1ncc(Nc2nc(N[C@H](c3ccccc3)[C@H](C)NC(=O)O)c(F)cc2C(N)=O)cc1-n1nccn1. The highest BCUT2D eigenvalue weighted by Crippen LogP contribution is 2.28. The molecule has 0 bridgehead atoms. The molecular formula is C24H24FN9O3. The van der Waals surface area contributed by atoms with Crippen molar-refractivity contribution in [3.8, 4) is 5.69 Å². The molecule has 2 amide bonds. The molecule has 4 rings (SSSR count). The Kier molecular flexibility index (Phi) is 7.23. The minimum Gasteiger partial charge on any atom is -0.465 e. The van der Waals surface area contributed by atoms with Crippen LogP contribution in [0, 0.1) is 12.7 Å². The number of amides is 2. The van der Waals surface area contributed by atoms with Crippen molar-refractivity contribution in [2.75, 3.05) is 10.6 Å². The number of rotatable bonds is 9. The van der Waals surface area contributed by atoms with Crippen LogP contribution >= 0.6 is 0 Å². The van der Waals surface area contributed by atoms with Crippen molar-refractivity contribution < 1.29 is 19.1 Å². The Labute approximate surface area is 210 Å². The van der Waals surface area contributed by atoms with Gasteiger partial charge >= 0.3 is 6.09 Å². The number of halogens is 1. The fourth-order valence-corrected chi connectivity index (χ4v) is 3.73. The number of carbonyl (C=O) groups is 2. The van der Waals surface area contributed by atoms with Gasteiger partial charge in [0.05, 0.1) is 47.6 Å². The first kappa shape index (κ1) is 25.0. The smallest absolute Gasteiger partial charge is 0.404 e. The average molecular weight is 506 g/mol. The van der Waals surface area contributed by atoms with Crippen LogP contribution in [0.15, 0.2) is 61.1 Å². The molecule has 0 saturated heterocycles. The van der Waals surface area contributed by atoms with Gasteiger partial charge in [0.1, 0.15) is 11.5 Å². The molecule has 0 aliphatic rings. The summed E-state index contributed by atoms with van der Waals surface area (Å²) in [6.45, 7) is 3.42. The van der Waals surface area contributed by atoms with E-state index in [9.17, 15) is 14.7 Å². The number of nitrogens with one attached hydrogen (secondary N) is 3. The zero-order valence-corrected chi connectivity index (χ0v) is 19.9. The average Bonchev–Trinajstić information content (AvgIpc) is 3.40. The van der Waals surface area contributed by atoms with Crippen molar-refractivity contribution >= 4 is 29.3 Å². The van der Waals surface area contributed by atoms with Crippen LogP contribution in [0.4, 0.5) is 26.5 Å². The molecule has 4 aromatic rings. The lowest BCUT2D eigenvalue weighted by atomic mass is 10.0. The number of carbonyl (C=O) groups excluding carboxylic acids is 1. The number of benzene rings is 1. The van der Waals surface area contributed by atoms with E-state index >= 15 is 4.39 Å². The molecule has 12 nitrogen and oxygen atoms in total. The zero-order valence-electron chi connectivity index (χ0n) is 19.9. The number of carboxylic acid groups (broad SMARTS) is 1. The van der Waals surface area contributed by atoms with Gasteiger partial charge in [0.2, 0.25) is 0 Å². The van der Waals surface area contributed by atoms with Crippen molar-refractivity contribution in [2.24, 2.45) is 5.73 Å². The lowest BCUT2D eigenvalue weighted by molar-refractivity contribution is 0.1000. The van der Waals surface area contributed by atoms with Gasteiger partial charge in [-0.1, -0.05) is 30.3 Å². The number of aryl methyl sites for hydroxylation is 1. The maximum absolute atomic E-state index is 15.1. The fourth-order valence-electron chi connectivity index (χ4n) is 3.73. The Morgan fingerprint density at radius 3 is 2.46 bits per heavy atom. The Hall–Kier alpha value is -5.07. The van der Waals surface area contributed by atoms with E-state index < -0.39 is 29.9 Å². The van der Waals surface area contributed by atoms with Gasteiger partial charge in [-0.25, -0.2) is 14.2 Å². The first-order valence-corrected chi connectivity index (χ1v) is 11.1. The first-order chi connectivity index (χ1) is 17.7. The second-order valence-corrected chi connectivity index (χ2v) is 8.12. The van der Waals surface area contributed by atoms with Crippen LogP contribution in [0.5, 0.6) is 0 Å². The van der Waals surface area contributed by atoms with E-state index in [4.69, 9.17) is 5.73 Å². The lowest BCUT2D eigenvalue weighted by Gasteiger charge is -2.26. The van der Waals surface area contributed by atoms with Crippen LogP contribution in [-0.4, -0.2) is 48.1 Å². The van der Waals surface area contributed by atoms with E-state index in [2.05, 4.69) is 36.1 Å². The summed E-state index contributed by atoms with van der Waals surface area (Å²) >= 11 is 0. The number of primary amides is 1. The number of hydrogen-bond acceptors (Lipinski definition) is 8. The predicted octanol–water partition coefficient (Wildman–Crippen LogP) is 3.16. The summed E-state index contributed by atoms with van der Waals surface area (Å²) in [5.74, 6) is -1.97. The maximum Gasteiger partial charge on any atom is 0.404 e. The largest absolute Gasteiger partial charge is 0.465 e. The highest BCUT2D eigenvalue weighted by Gasteiger charge is 2.24. The summed E-state index contributed by atoms with van der Waals surface area (Å²) in [5.41, 5.74) is 7.65. The minimum absolute atomic E-state index is 0.0212. The number of nitrogens with two attached hydrogens (primary N) is 1. The van der Waals surface area contributed by atoms with Gasteiger partial charge in [0.15, 0.2) is 11.6 Å². The highest BCUT2D eigenvalue weighted by molar-refractivity contribution is 5.98. The topological polar surface area (TPSA) is 173 Å². The number of nitrogens with zero attached hydrogens (tertiary/aromatic N) is 5. The number of hydrogen-bond donors (Lipinski definition) is 5. The maximum atomic E-state index is 15.1. The molecule has 13 heteroatoms. The van der Waals surface area contributed by atoms with E-state index in [0.29, 0.717) is 22.6 Å². The van der Waals surface area contributed by atoms with Gasteiger partial charge in [-0.15, -0.1) is 4.80 Å². The molecule has 0 radical (unpaired) electrons. The second kappa shape index (κ2) is 10.7. The highest BCUT2D eigenvalue weighted by atomic mass is 19.1. The molecular weight excluding hydrogens is 481 g/mol. The molecule has 3 heterocycles. The Morgan fingerprint density at radius 2 is 1.81 bits per heavy atom. The number of pyridine rings is 2. The third-order valence-electron chi connectivity index (χ3n) is 5.50. The standard InChI is InChI=1S/C24H24FN9O3/c1-13-19(34-28-8-9-29-34)10-16(12-27-13)31-22-17(21(26)35)11-18(25)23(33-22)32-20(14(2)30-24(36)37)15-6-4-3-5-7-15/h3-12,14,20,30H,1-2H3,(H2,26,35)(H,36,37)(H2,31,32,33)/t14-,20-/m0/s1. The molecule has 3 aromatic heterocycles. The summed E-state index contributed by atoms with van der Waals surface area (Å²) in [5, 5.41) is 25.7. The number of anilines is 3. The van der Waals surface area contributed by atoms with Crippen molar-refractivity contribution in [1.82, 2.24) is 30.3 Å². The molecule has 190 valence electrons. The van der Waals surface area contributed by atoms with Crippen molar-refractivity contribution in [3.63, 3.8) is 0 Å². The van der Waals surface area contributed by atoms with Crippen LogP contribution < -0.4 is 21.7 Å². The number of aromatic nitrogens is 5. The normalized spacial score (nSPS) is 12.4. The fraction of sp³-hybridized carbons (Fsp3) is 0.167. The van der Waals surface area contributed by atoms with Crippen molar-refractivity contribution in [3.05, 3.63) is 83.7 Å². The van der Waals surface area contributed by atoms with E-state index in [1.165, 1.54) is 23.4 Å². The third kappa shape index (κ3) is 5.78. The van der Waals surface area contributed by atoms with Gasteiger partial charge in [0.25, 0.3) is 5.91 Å². The molecule has 0 spiro atoms. The van der Waals surface area contributed by atoms with E-state index in [1.54, 1.807) is 50.2 Å². The molecule has 1 aromatic carbocycles. The van der Waals surface area contributed by atoms with Crippen LogP contribution in [0.1, 0.15) is 34.6 Å². The summed E-state index contributed by atoms with van der Waals surface area (Å²) in [4.78, 5) is 33.4. The first-order valence-electron chi connectivity index (χ1n) is 11.1. The van der Waals surface area contributed by atoms with E-state index in [1.807, 2.05) is 0 Å². The predicted molar refractivity (Wildman–Crippen MR) is 133 cm³/mol. The van der Waals surface area contributed by atoms with E-state index in [0.717, 1.165) is 6.07 Å². The van der Waals surface area contributed by atoms with Crippen LogP contribution in [-0.2, 0) is 0 Å². The Morgan fingerprint density at radius 1 is 1.11 bits per heavy atom. The molecule has 6 N–H and O–H groups in total. The van der Waals surface area contributed by atoms with Gasteiger partial charge in [-0.2, -0.15) is 10.2 Å². The quantitative estimate of drug-likeness (QED) is 0.229. The molecule has 2 atom stereocenters. The molecule has 0 fully saturated rings. The molecule has 0 unspecified atom stereocenters. The summed E-state index contributed by atoms with van der Waals surface area (Å²) < 4.78 is 15.1. The van der Waals surface area contributed by atoms with Gasteiger partial charge in [0, 0.05) is 0 Å². The van der Waals surface area contributed by atoms with Crippen LogP contribution in [0.3, 0.4) is 0 Å². The minimum atomic E-state index is -1.23. The zero-order chi connectivity index (χ0) is 26.5.